The first-order valence-electron chi connectivity index (χ1n) is 16.9. The largest absolute Gasteiger partial charge is 0.491 e. The molecule has 1 aliphatic heterocycles. The number of nitrogens with one attached hydrogen (secondary N) is 1. The van der Waals surface area contributed by atoms with Crippen LogP contribution < -0.4 is 15.0 Å². The van der Waals surface area contributed by atoms with Crippen LogP contribution in [0, 0.1) is 12.8 Å². The van der Waals surface area contributed by atoms with E-state index in [0.29, 0.717) is 37.0 Å². The van der Waals surface area contributed by atoms with Gasteiger partial charge in [0.2, 0.25) is 0 Å². The van der Waals surface area contributed by atoms with Gasteiger partial charge >= 0.3 is 0 Å². The Labute approximate surface area is 287 Å². The van der Waals surface area contributed by atoms with E-state index in [0.717, 1.165) is 82.5 Å². The highest BCUT2D eigenvalue weighted by atomic mass is 32.2. The van der Waals surface area contributed by atoms with Gasteiger partial charge in [-0.05, 0) is 96.5 Å². The fourth-order valence-electron chi connectivity index (χ4n) is 5.82. The number of aryl methyl sites for hydroxylation is 2. The summed E-state index contributed by atoms with van der Waals surface area (Å²) in [7, 11) is 0.654. The topological polar surface area (TPSA) is 85.7 Å². The molecule has 1 aliphatic rings. The molecule has 3 aromatic carbocycles. The fraction of sp³-hybridized carbons (Fsp3) is 0.385. The van der Waals surface area contributed by atoms with Gasteiger partial charge in [0.25, 0.3) is 5.91 Å². The summed E-state index contributed by atoms with van der Waals surface area (Å²) in [4.78, 5) is 21.1. The smallest absolute Gasteiger partial charge is 0.251 e. The van der Waals surface area contributed by atoms with E-state index >= 15 is 0 Å². The molecule has 254 valence electrons. The second kappa shape index (κ2) is 16.8. The SMILES string of the molecule is CCCCOCCOc1ccc(-c2ccc3c(c2)C=C(C(=O)Nc2ccc(S(=O)Cc4nccn4C)c(C)c2)CCN3CC(C)C)cc1. The molecule has 5 rings (SSSR count). The van der Waals surface area contributed by atoms with Crippen molar-refractivity contribution >= 4 is 34.2 Å². The van der Waals surface area contributed by atoms with Gasteiger partial charge in [-0.25, -0.2) is 4.98 Å². The number of benzene rings is 3. The normalized spacial score (nSPS) is 13.5. The van der Waals surface area contributed by atoms with E-state index in [1.165, 1.54) is 0 Å². The Morgan fingerprint density at radius 2 is 1.81 bits per heavy atom. The first-order valence-corrected chi connectivity index (χ1v) is 18.2. The van der Waals surface area contributed by atoms with Crippen molar-refractivity contribution in [3.05, 3.63) is 95.6 Å². The molecule has 0 spiro atoms. The lowest BCUT2D eigenvalue weighted by Crippen LogP contribution is -2.29. The maximum Gasteiger partial charge on any atom is 0.251 e. The number of nitrogens with zero attached hydrogens (tertiary/aromatic N) is 3. The van der Waals surface area contributed by atoms with Crippen LogP contribution in [-0.4, -0.2) is 52.6 Å². The molecule has 1 amide bonds. The zero-order valence-corrected chi connectivity index (χ0v) is 29.6. The number of amides is 1. The molecule has 1 N–H and O–H groups in total. The average molecular weight is 669 g/mol. The van der Waals surface area contributed by atoms with Gasteiger partial charge in [-0.1, -0.05) is 45.4 Å². The quantitative estimate of drug-likeness (QED) is 0.130. The molecule has 1 unspecified atom stereocenters. The molecule has 48 heavy (non-hydrogen) atoms. The highest BCUT2D eigenvalue weighted by Crippen LogP contribution is 2.34. The van der Waals surface area contributed by atoms with Crippen molar-refractivity contribution < 1.29 is 18.5 Å². The number of fused-ring (bicyclic) bond motifs is 1. The van der Waals surface area contributed by atoms with E-state index in [9.17, 15) is 9.00 Å². The lowest BCUT2D eigenvalue weighted by molar-refractivity contribution is -0.112. The van der Waals surface area contributed by atoms with Crippen LogP contribution in [0.2, 0.25) is 0 Å². The standard InChI is InChI=1S/C39H48N4O4S/c1-6-7-20-46-21-22-47-35-12-8-30(9-13-35)31-10-14-36-33(24-31)25-32(16-18-43(36)26-28(2)3)39(44)41-34-11-15-37(29(4)23-34)48(45)27-38-40-17-19-42(38)5/h8-15,17,19,23-25,28H,6-7,16,18,20-22,26-27H2,1-5H3,(H,41,44). The van der Waals surface area contributed by atoms with E-state index in [1.54, 1.807) is 6.20 Å². The monoisotopic (exact) mass is 668 g/mol. The summed E-state index contributed by atoms with van der Waals surface area (Å²) in [5.74, 6) is 2.27. The van der Waals surface area contributed by atoms with Gasteiger partial charge in [0.1, 0.15) is 18.2 Å². The van der Waals surface area contributed by atoms with E-state index < -0.39 is 10.8 Å². The Balaban J connectivity index is 1.31. The Kier molecular flexibility index (Phi) is 12.3. The number of aromatic nitrogens is 2. The number of imidazole rings is 1. The maximum atomic E-state index is 13.7. The second-order valence-electron chi connectivity index (χ2n) is 12.8. The number of ether oxygens (including phenoxy) is 2. The molecule has 0 fully saturated rings. The number of unbranched alkanes of at least 4 members (excludes halogenated alkanes) is 1. The van der Waals surface area contributed by atoms with Gasteiger partial charge < -0.3 is 24.3 Å². The molecule has 8 nitrogen and oxygen atoms in total. The number of hydrogen-bond acceptors (Lipinski definition) is 6. The average Bonchev–Trinajstić information content (AvgIpc) is 3.38. The zero-order chi connectivity index (χ0) is 34.0. The molecule has 0 saturated carbocycles. The molecular weight excluding hydrogens is 621 g/mol. The van der Waals surface area contributed by atoms with Gasteiger partial charge in [0, 0.05) is 61.0 Å². The molecule has 9 heteroatoms. The summed E-state index contributed by atoms with van der Waals surface area (Å²) in [6.07, 6.45) is 8.41. The molecular formula is C39H48N4O4S. The summed E-state index contributed by atoms with van der Waals surface area (Å²) in [5, 5.41) is 3.11. The van der Waals surface area contributed by atoms with Gasteiger partial charge in [0.15, 0.2) is 0 Å². The van der Waals surface area contributed by atoms with Crippen LogP contribution in [0.1, 0.15) is 57.0 Å². The first kappa shape index (κ1) is 35.1. The summed E-state index contributed by atoms with van der Waals surface area (Å²) in [6, 6.07) is 20.2. The van der Waals surface area contributed by atoms with Crippen molar-refractivity contribution in [1.29, 1.82) is 0 Å². The van der Waals surface area contributed by atoms with Crippen molar-refractivity contribution in [3.63, 3.8) is 0 Å². The molecule has 2 heterocycles. The van der Waals surface area contributed by atoms with Crippen molar-refractivity contribution in [1.82, 2.24) is 9.55 Å². The van der Waals surface area contributed by atoms with Crippen LogP contribution in [0.5, 0.6) is 5.75 Å². The maximum absolute atomic E-state index is 13.7. The minimum absolute atomic E-state index is 0.126. The van der Waals surface area contributed by atoms with Crippen LogP contribution in [0.3, 0.4) is 0 Å². The molecule has 0 radical (unpaired) electrons. The summed E-state index contributed by atoms with van der Waals surface area (Å²) in [5.41, 5.74) is 6.60. The molecule has 1 atom stereocenters. The van der Waals surface area contributed by atoms with Crippen LogP contribution in [0.25, 0.3) is 17.2 Å². The third-order valence-electron chi connectivity index (χ3n) is 8.41. The van der Waals surface area contributed by atoms with Crippen LogP contribution in [-0.2, 0) is 33.1 Å². The molecule has 0 aliphatic carbocycles. The minimum Gasteiger partial charge on any atom is -0.491 e. The van der Waals surface area contributed by atoms with Crippen LogP contribution in [0.15, 0.2) is 83.5 Å². The van der Waals surface area contributed by atoms with Gasteiger partial charge in [-0.2, -0.15) is 0 Å². The summed E-state index contributed by atoms with van der Waals surface area (Å²) >= 11 is 0. The van der Waals surface area contributed by atoms with Crippen LogP contribution >= 0.6 is 0 Å². The lowest BCUT2D eigenvalue weighted by Gasteiger charge is -2.27. The number of carbonyl (C=O) groups is 1. The Morgan fingerprint density at radius 1 is 1.02 bits per heavy atom. The van der Waals surface area contributed by atoms with Crippen molar-refractivity contribution in [2.24, 2.45) is 13.0 Å². The number of carbonyl (C=O) groups excluding carboxylic acids is 1. The number of hydrogen-bond donors (Lipinski definition) is 1. The third kappa shape index (κ3) is 9.23. The predicted molar refractivity (Wildman–Crippen MR) is 196 cm³/mol. The van der Waals surface area contributed by atoms with Crippen molar-refractivity contribution in [2.45, 2.75) is 57.6 Å². The summed E-state index contributed by atoms with van der Waals surface area (Å²) in [6.45, 7) is 12.1. The Bertz CT molecular complexity index is 1750. The summed E-state index contributed by atoms with van der Waals surface area (Å²) < 4.78 is 26.5. The van der Waals surface area contributed by atoms with Gasteiger partial charge in [0.05, 0.1) is 23.2 Å². The fourth-order valence-corrected chi connectivity index (χ4v) is 7.12. The van der Waals surface area contributed by atoms with Crippen molar-refractivity contribution in [2.75, 3.05) is 43.1 Å². The van der Waals surface area contributed by atoms with E-state index in [2.05, 4.69) is 66.3 Å². The molecule has 4 aromatic rings. The Morgan fingerprint density at radius 3 is 2.52 bits per heavy atom. The highest BCUT2D eigenvalue weighted by Gasteiger charge is 2.21. The minimum atomic E-state index is -1.24. The third-order valence-corrected chi connectivity index (χ3v) is 9.88. The second-order valence-corrected chi connectivity index (χ2v) is 14.2. The number of rotatable bonds is 15. The van der Waals surface area contributed by atoms with E-state index in [-0.39, 0.29) is 5.91 Å². The van der Waals surface area contributed by atoms with Crippen molar-refractivity contribution in [3.8, 4) is 16.9 Å². The zero-order valence-electron chi connectivity index (χ0n) is 28.8. The first-order chi connectivity index (χ1) is 23.2. The van der Waals surface area contributed by atoms with E-state index in [1.807, 2.05) is 61.1 Å². The molecule has 0 saturated heterocycles. The van der Waals surface area contributed by atoms with Gasteiger partial charge in [-0.15, -0.1) is 0 Å². The lowest BCUT2D eigenvalue weighted by atomic mass is 10.00. The van der Waals surface area contributed by atoms with E-state index in [4.69, 9.17) is 9.47 Å². The Hall–Kier alpha value is -4.21. The highest BCUT2D eigenvalue weighted by molar-refractivity contribution is 7.84. The van der Waals surface area contributed by atoms with Gasteiger partial charge in [-0.3, -0.25) is 9.00 Å². The number of anilines is 2. The predicted octanol–water partition coefficient (Wildman–Crippen LogP) is 7.79. The molecule has 0 bridgehead atoms. The molecule has 1 aromatic heterocycles. The van der Waals surface area contributed by atoms with Crippen LogP contribution in [0.4, 0.5) is 11.4 Å².